The molecule has 0 aliphatic carbocycles. The van der Waals surface area contributed by atoms with E-state index in [0.29, 0.717) is 4.47 Å². The molecule has 0 saturated carbocycles. The summed E-state index contributed by atoms with van der Waals surface area (Å²) >= 11 is 3.15. The van der Waals surface area contributed by atoms with Crippen molar-refractivity contribution in [3.05, 3.63) is 28.5 Å². The predicted octanol–water partition coefficient (Wildman–Crippen LogP) is 0.408. The van der Waals surface area contributed by atoms with Gasteiger partial charge in [-0.1, -0.05) is 0 Å². The van der Waals surface area contributed by atoms with E-state index in [2.05, 4.69) is 26.2 Å². The summed E-state index contributed by atoms with van der Waals surface area (Å²) in [5, 5.41) is 20.2. The highest BCUT2D eigenvalue weighted by Crippen LogP contribution is 2.09. The summed E-state index contributed by atoms with van der Waals surface area (Å²) in [5.74, 6) is -1.90. The highest BCUT2D eigenvalue weighted by molar-refractivity contribution is 9.10. The molecule has 0 fully saturated rings. The second kappa shape index (κ2) is 5.74. The average molecular weight is 303 g/mol. The maximum absolute atomic E-state index is 11.7. The maximum atomic E-state index is 11.7. The molecule has 1 amide bonds. The Morgan fingerprint density at radius 2 is 2.12 bits per heavy atom. The van der Waals surface area contributed by atoms with Gasteiger partial charge in [-0.2, -0.15) is 0 Å². The number of carboxylic acids is 1. The van der Waals surface area contributed by atoms with E-state index >= 15 is 0 Å². The fourth-order valence-corrected chi connectivity index (χ4v) is 1.51. The van der Waals surface area contributed by atoms with Crippen LogP contribution >= 0.6 is 15.9 Å². The fraction of sp³-hybridized carbons (Fsp3) is 0.300. The van der Waals surface area contributed by atoms with Crippen LogP contribution in [0.2, 0.25) is 0 Å². The summed E-state index contributed by atoms with van der Waals surface area (Å²) < 4.78 is 0.606. The van der Waals surface area contributed by atoms with Gasteiger partial charge < -0.3 is 15.5 Å². The Kier molecular flexibility index (Phi) is 4.59. The first kappa shape index (κ1) is 13.6. The molecule has 7 heteroatoms. The topological polar surface area (TPSA) is 99.5 Å². The highest BCUT2D eigenvalue weighted by Gasteiger charge is 2.25. The van der Waals surface area contributed by atoms with Crippen molar-refractivity contribution in [2.45, 2.75) is 19.1 Å². The Labute approximate surface area is 106 Å². The zero-order valence-electron chi connectivity index (χ0n) is 8.92. The molecule has 0 bridgehead atoms. The molecular formula is C10H11BrN2O4. The van der Waals surface area contributed by atoms with Crippen molar-refractivity contribution < 1.29 is 19.8 Å². The van der Waals surface area contributed by atoms with E-state index in [1.807, 2.05) is 0 Å². The number of rotatable bonds is 4. The lowest BCUT2D eigenvalue weighted by Crippen LogP contribution is -2.47. The summed E-state index contributed by atoms with van der Waals surface area (Å²) in [4.78, 5) is 26.2. The minimum absolute atomic E-state index is 0.214. The number of hydrogen-bond donors (Lipinski definition) is 3. The number of nitrogens with zero attached hydrogens (tertiary/aromatic N) is 1. The van der Waals surface area contributed by atoms with Crippen LogP contribution < -0.4 is 5.32 Å². The summed E-state index contributed by atoms with van der Waals surface area (Å²) in [6.45, 7) is 1.29. The molecule has 0 aromatic carbocycles. The monoisotopic (exact) mass is 302 g/mol. The fourth-order valence-electron chi connectivity index (χ4n) is 1.15. The van der Waals surface area contributed by atoms with E-state index in [1.54, 1.807) is 0 Å². The Balaban J connectivity index is 2.81. The second-order valence-corrected chi connectivity index (χ2v) is 4.34. The smallest absolute Gasteiger partial charge is 0.328 e. The molecule has 1 rings (SSSR count). The molecule has 2 unspecified atom stereocenters. The van der Waals surface area contributed by atoms with Gasteiger partial charge in [0.05, 0.1) is 11.7 Å². The van der Waals surface area contributed by atoms with Crippen LogP contribution in [0.15, 0.2) is 22.9 Å². The van der Waals surface area contributed by atoms with Gasteiger partial charge in [0.2, 0.25) is 0 Å². The summed E-state index contributed by atoms with van der Waals surface area (Å²) in [6, 6.07) is 0.157. The number of aliphatic hydroxyl groups is 1. The van der Waals surface area contributed by atoms with E-state index in [-0.39, 0.29) is 5.56 Å². The summed E-state index contributed by atoms with van der Waals surface area (Å²) in [5.41, 5.74) is 0.214. The van der Waals surface area contributed by atoms with Gasteiger partial charge in [-0.15, -0.1) is 0 Å². The van der Waals surface area contributed by atoms with E-state index in [4.69, 9.17) is 5.11 Å². The number of halogens is 1. The van der Waals surface area contributed by atoms with Crippen molar-refractivity contribution in [1.29, 1.82) is 0 Å². The molecule has 6 nitrogen and oxygen atoms in total. The van der Waals surface area contributed by atoms with Crippen LogP contribution in [0.1, 0.15) is 17.3 Å². The van der Waals surface area contributed by atoms with Crippen LogP contribution in [-0.4, -0.2) is 39.2 Å². The van der Waals surface area contributed by atoms with Crippen molar-refractivity contribution in [2.24, 2.45) is 0 Å². The lowest BCUT2D eigenvalue weighted by molar-refractivity contribution is -0.141. The van der Waals surface area contributed by atoms with Crippen LogP contribution in [0, 0.1) is 0 Å². The molecule has 1 aromatic heterocycles. The van der Waals surface area contributed by atoms with Crippen molar-refractivity contribution in [1.82, 2.24) is 10.3 Å². The van der Waals surface area contributed by atoms with Crippen LogP contribution in [-0.2, 0) is 4.79 Å². The van der Waals surface area contributed by atoms with Crippen LogP contribution in [0.3, 0.4) is 0 Å². The third kappa shape index (κ3) is 3.79. The molecular weight excluding hydrogens is 292 g/mol. The normalized spacial score (nSPS) is 13.8. The number of carboxylic acid groups (broad SMARTS) is 1. The number of carbonyl (C=O) groups excluding carboxylic acids is 1. The lowest BCUT2D eigenvalue weighted by atomic mass is 10.1. The summed E-state index contributed by atoms with van der Waals surface area (Å²) in [6.07, 6.45) is 1.62. The molecule has 1 aromatic rings. The van der Waals surface area contributed by atoms with Gasteiger partial charge in [0, 0.05) is 16.9 Å². The molecule has 0 aliphatic rings. The number of amides is 1. The molecule has 92 valence electrons. The molecule has 2 atom stereocenters. The first-order valence-electron chi connectivity index (χ1n) is 4.74. The van der Waals surface area contributed by atoms with E-state index in [9.17, 15) is 14.7 Å². The molecule has 3 N–H and O–H groups in total. The first-order chi connectivity index (χ1) is 7.91. The van der Waals surface area contributed by atoms with Gasteiger partial charge in [-0.3, -0.25) is 9.78 Å². The standard InChI is InChI=1S/C10H11BrN2O4/c1-5(14)8(10(16)17)13-9(15)6-2-7(11)4-12-3-6/h2-5,8,14H,1H3,(H,13,15)(H,16,17). The number of pyridine rings is 1. The number of hydrogen-bond acceptors (Lipinski definition) is 4. The van der Waals surface area contributed by atoms with Gasteiger partial charge in [-0.05, 0) is 28.9 Å². The number of carbonyl (C=O) groups is 2. The number of aliphatic hydroxyl groups excluding tert-OH is 1. The van der Waals surface area contributed by atoms with Crippen LogP contribution in [0.25, 0.3) is 0 Å². The molecule has 17 heavy (non-hydrogen) atoms. The Bertz CT molecular complexity index is 436. The SMILES string of the molecule is CC(O)C(NC(=O)c1cncc(Br)c1)C(=O)O. The maximum Gasteiger partial charge on any atom is 0.328 e. The number of aromatic nitrogens is 1. The van der Waals surface area contributed by atoms with E-state index in [0.717, 1.165) is 0 Å². The van der Waals surface area contributed by atoms with Gasteiger partial charge in [0.1, 0.15) is 0 Å². The lowest BCUT2D eigenvalue weighted by Gasteiger charge is -2.16. The van der Waals surface area contributed by atoms with Crippen molar-refractivity contribution in [3.63, 3.8) is 0 Å². The van der Waals surface area contributed by atoms with Crippen LogP contribution in [0.4, 0.5) is 0 Å². The third-order valence-corrected chi connectivity index (χ3v) is 2.44. The van der Waals surface area contributed by atoms with E-state index in [1.165, 1.54) is 25.4 Å². The third-order valence-electron chi connectivity index (χ3n) is 2.00. The Hall–Kier alpha value is -1.47. The molecule has 0 aliphatic heterocycles. The zero-order chi connectivity index (χ0) is 13.0. The van der Waals surface area contributed by atoms with Crippen molar-refractivity contribution in [3.8, 4) is 0 Å². The minimum Gasteiger partial charge on any atom is -0.480 e. The quantitative estimate of drug-likeness (QED) is 0.748. The molecule has 0 spiro atoms. The number of aliphatic carboxylic acids is 1. The van der Waals surface area contributed by atoms with Crippen molar-refractivity contribution >= 4 is 27.8 Å². The predicted molar refractivity (Wildman–Crippen MR) is 62.5 cm³/mol. The van der Waals surface area contributed by atoms with Crippen LogP contribution in [0.5, 0.6) is 0 Å². The Morgan fingerprint density at radius 3 is 2.59 bits per heavy atom. The van der Waals surface area contributed by atoms with Gasteiger partial charge in [0.25, 0.3) is 5.91 Å². The largest absolute Gasteiger partial charge is 0.480 e. The second-order valence-electron chi connectivity index (χ2n) is 3.42. The van der Waals surface area contributed by atoms with E-state index < -0.39 is 24.0 Å². The highest BCUT2D eigenvalue weighted by atomic mass is 79.9. The average Bonchev–Trinajstić information content (AvgIpc) is 2.24. The molecule has 0 saturated heterocycles. The Morgan fingerprint density at radius 1 is 1.47 bits per heavy atom. The first-order valence-corrected chi connectivity index (χ1v) is 5.53. The van der Waals surface area contributed by atoms with Gasteiger partial charge >= 0.3 is 5.97 Å². The van der Waals surface area contributed by atoms with Gasteiger partial charge in [0.15, 0.2) is 6.04 Å². The van der Waals surface area contributed by atoms with Crippen molar-refractivity contribution in [2.75, 3.05) is 0 Å². The van der Waals surface area contributed by atoms with Gasteiger partial charge in [-0.25, -0.2) is 4.79 Å². The zero-order valence-corrected chi connectivity index (χ0v) is 10.5. The number of nitrogens with one attached hydrogen (secondary N) is 1. The molecule has 1 heterocycles. The molecule has 0 radical (unpaired) electrons. The minimum atomic E-state index is -1.35. The summed E-state index contributed by atoms with van der Waals surface area (Å²) in [7, 11) is 0.